The molecular formula is C13H13FN4O. The minimum atomic E-state index is -0.341. The van der Waals surface area contributed by atoms with Gasteiger partial charge in [-0.3, -0.25) is 9.78 Å². The van der Waals surface area contributed by atoms with E-state index in [1.165, 1.54) is 12.1 Å². The van der Waals surface area contributed by atoms with Crippen LogP contribution < -0.4 is 16.2 Å². The SMILES string of the molecule is O=c1[nH]c(Nc2cccc(F)c2)nc2c1CCNC2. The quantitative estimate of drug-likeness (QED) is 0.761. The molecule has 0 amide bonds. The minimum absolute atomic E-state index is 0.134. The molecule has 3 rings (SSSR count). The predicted molar refractivity (Wildman–Crippen MR) is 70.0 cm³/mol. The first-order valence-corrected chi connectivity index (χ1v) is 6.08. The summed E-state index contributed by atoms with van der Waals surface area (Å²) in [6.07, 6.45) is 0.678. The van der Waals surface area contributed by atoms with Gasteiger partial charge in [0.2, 0.25) is 5.95 Å². The molecule has 0 saturated heterocycles. The molecule has 98 valence electrons. The lowest BCUT2D eigenvalue weighted by Gasteiger charge is -2.16. The fraction of sp³-hybridized carbons (Fsp3) is 0.231. The Morgan fingerprint density at radius 2 is 2.26 bits per heavy atom. The fourth-order valence-electron chi connectivity index (χ4n) is 2.13. The van der Waals surface area contributed by atoms with Crippen molar-refractivity contribution in [3.63, 3.8) is 0 Å². The number of anilines is 2. The van der Waals surface area contributed by atoms with Gasteiger partial charge in [-0.15, -0.1) is 0 Å². The molecule has 0 aliphatic carbocycles. The second-order valence-corrected chi connectivity index (χ2v) is 4.40. The Balaban J connectivity index is 1.94. The van der Waals surface area contributed by atoms with Crippen LogP contribution in [-0.2, 0) is 13.0 Å². The Hall–Kier alpha value is -2.21. The summed E-state index contributed by atoms with van der Waals surface area (Å²) in [7, 11) is 0. The van der Waals surface area contributed by atoms with Crippen LogP contribution in [0.15, 0.2) is 29.1 Å². The zero-order chi connectivity index (χ0) is 13.2. The Morgan fingerprint density at radius 1 is 1.37 bits per heavy atom. The number of hydrogen-bond donors (Lipinski definition) is 3. The van der Waals surface area contributed by atoms with Crippen molar-refractivity contribution >= 4 is 11.6 Å². The van der Waals surface area contributed by atoms with Crippen LogP contribution in [0.3, 0.4) is 0 Å². The molecule has 1 aliphatic heterocycles. The molecule has 3 N–H and O–H groups in total. The monoisotopic (exact) mass is 260 g/mol. The van der Waals surface area contributed by atoms with Gasteiger partial charge in [0.05, 0.1) is 5.69 Å². The van der Waals surface area contributed by atoms with Crippen LogP contribution in [-0.4, -0.2) is 16.5 Å². The van der Waals surface area contributed by atoms with Crippen LogP contribution in [0.1, 0.15) is 11.3 Å². The van der Waals surface area contributed by atoms with Gasteiger partial charge in [-0.05, 0) is 31.2 Å². The van der Waals surface area contributed by atoms with E-state index in [0.717, 1.165) is 17.8 Å². The zero-order valence-electron chi connectivity index (χ0n) is 10.2. The van der Waals surface area contributed by atoms with Gasteiger partial charge in [-0.2, -0.15) is 0 Å². The number of nitrogens with one attached hydrogen (secondary N) is 3. The second-order valence-electron chi connectivity index (χ2n) is 4.40. The predicted octanol–water partition coefficient (Wildman–Crippen LogP) is 1.30. The van der Waals surface area contributed by atoms with Crippen LogP contribution in [0.25, 0.3) is 0 Å². The van der Waals surface area contributed by atoms with Crippen molar-refractivity contribution in [2.24, 2.45) is 0 Å². The van der Waals surface area contributed by atoms with Gasteiger partial charge in [0.1, 0.15) is 5.82 Å². The molecule has 6 heteroatoms. The maximum absolute atomic E-state index is 13.1. The summed E-state index contributed by atoms with van der Waals surface area (Å²) in [5.41, 5.74) is 1.88. The first-order valence-electron chi connectivity index (χ1n) is 6.08. The number of fused-ring (bicyclic) bond motifs is 1. The van der Waals surface area contributed by atoms with Gasteiger partial charge in [0, 0.05) is 17.8 Å². The summed E-state index contributed by atoms with van der Waals surface area (Å²) in [5.74, 6) is -0.00924. The van der Waals surface area contributed by atoms with E-state index in [4.69, 9.17) is 0 Å². The van der Waals surface area contributed by atoms with E-state index >= 15 is 0 Å². The third-order valence-electron chi connectivity index (χ3n) is 3.03. The molecule has 1 aliphatic rings. The normalized spacial score (nSPS) is 13.9. The maximum Gasteiger partial charge on any atom is 0.255 e. The minimum Gasteiger partial charge on any atom is -0.326 e. The lowest BCUT2D eigenvalue weighted by Crippen LogP contribution is -2.31. The van der Waals surface area contributed by atoms with E-state index in [1.807, 2.05) is 0 Å². The van der Waals surface area contributed by atoms with Crippen molar-refractivity contribution in [1.29, 1.82) is 0 Å². The van der Waals surface area contributed by atoms with E-state index in [1.54, 1.807) is 12.1 Å². The lowest BCUT2D eigenvalue weighted by molar-refractivity contribution is 0.619. The highest BCUT2D eigenvalue weighted by molar-refractivity contribution is 5.53. The van der Waals surface area contributed by atoms with Gasteiger partial charge in [0.15, 0.2) is 0 Å². The Kier molecular flexibility index (Phi) is 3.00. The van der Waals surface area contributed by atoms with Gasteiger partial charge in [0.25, 0.3) is 5.56 Å². The Morgan fingerprint density at radius 3 is 3.11 bits per heavy atom. The standard InChI is InChI=1S/C13H13FN4O/c14-8-2-1-3-9(6-8)16-13-17-11-7-15-5-4-10(11)12(19)18-13/h1-3,6,15H,4-5,7H2,(H2,16,17,18,19). The van der Waals surface area contributed by atoms with E-state index in [2.05, 4.69) is 20.6 Å². The molecule has 0 atom stereocenters. The molecule has 2 aromatic rings. The third-order valence-corrected chi connectivity index (χ3v) is 3.03. The highest BCUT2D eigenvalue weighted by Gasteiger charge is 2.15. The van der Waals surface area contributed by atoms with E-state index in [9.17, 15) is 9.18 Å². The first kappa shape index (κ1) is 11.9. The first-order chi connectivity index (χ1) is 9.22. The second kappa shape index (κ2) is 4.81. The Bertz CT molecular complexity index is 668. The number of nitrogens with zero attached hydrogens (tertiary/aromatic N) is 1. The highest BCUT2D eigenvalue weighted by Crippen LogP contribution is 2.15. The number of H-pyrrole nitrogens is 1. The molecule has 0 spiro atoms. The Labute approximate surface area is 108 Å². The van der Waals surface area contributed by atoms with E-state index in [-0.39, 0.29) is 11.4 Å². The molecule has 5 nitrogen and oxygen atoms in total. The molecule has 1 aromatic heterocycles. The topological polar surface area (TPSA) is 69.8 Å². The number of rotatable bonds is 2. The van der Waals surface area contributed by atoms with Gasteiger partial charge in [-0.25, -0.2) is 9.37 Å². The molecule has 2 heterocycles. The highest BCUT2D eigenvalue weighted by atomic mass is 19.1. The van der Waals surface area contributed by atoms with Crippen molar-refractivity contribution in [3.8, 4) is 0 Å². The summed E-state index contributed by atoms with van der Waals surface area (Å²) >= 11 is 0. The summed E-state index contributed by atoms with van der Waals surface area (Å²) in [6, 6.07) is 6.01. The van der Waals surface area contributed by atoms with Crippen molar-refractivity contribution in [2.75, 3.05) is 11.9 Å². The molecule has 0 unspecified atom stereocenters. The molecule has 1 aromatic carbocycles. The van der Waals surface area contributed by atoms with E-state index in [0.29, 0.717) is 24.6 Å². The average molecular weight is 260 g/mol. The summed E-state index contributed by atoms with van der Waals surface area (Å²) in [6.45, 7) is 1.37. The number of hydrogen-bond acceptors (Lipinski definition) is 4. The van der Waals surface area contributed by atoms with Gasteiger partial charge >= 0.3 is 0 Å². The molecule has 0 saturated carbocycles. The zero-order valence-corrected chi connectivity index (χ0v) is 10.2. The molecule has 0 bridgehead atoms. The molecule has 19 heavy (non-hydrogen) atoms. The summed E-state index contributed by atoms with van der Waals surface area (Å²) in [5, 5.41) is 6.07. The van der Waals surface area contributed by atoms with Crippen molar-refractivity contribution in [2.45, 2.75) is 13.0 Å². The van der Waals surface area contributed by atoms with Crippen molar-refractivity contribution in [1.82, 2.24) is 15.3 Å². The average Bonchev–Trinajstić information content (AvgIpc) is 2.39. The van der Waals surface area contributed by atoms with Crippen LogP contribution in [0.2, 0.25) is 0 Å². The molecule has 0 fully saturated rings. The molecule has 0 radical (unpaired) electrons. The summed E-state index contributed by atoms with van der Waals surface area (Å²) in [4.78, 5) is 18.9. The molecular weight excluding hydrogens is 247 g/mol. The lowest BCUT2D eigenvalue weighted by atomic mass is 10.1. The maximum atomic E-state index is 13.1. The van der Waals surface area contributed by atoms with Gasteiger partial charge in [-0.1, -0.05) is 6.07 Å². The van der Waals surface area contributed by atoms with Crippen molar-refractivity contribution < 1.29 is 4.39 Å². The summed E-state index contributed by atoms with van der Waals surface area (Å²) < 4.78 is 13.1. The van der Waals surface area contributed by atoms with E-state index < -0.39 is 0 Å². The third kappa shape index (κ3) is 2.48. The number of aromatic amines is 1. The smallest absolute Gasteiger partial charge is 0.255 e. The van der Waals surface area contributed by atoms with Crippen LogP contribution in [0.4, 0.5) is 16.0 Å². The van der Waals surface area contributed by atoms with Crippen molar-refractivity contribution in [3.05, 3.63) is 51.7 Å². The largest absolute Gasteiger partial charge is 0.326 e. The van der Waals surface area contributed by atoms with Crippen LogP contribution in [0, 0.1) is 5.82 Å². The fourth-order valence-corrected chi connectivity index (χ4v) is 2.13. The number of halogens is 1. The number of benzene rings is 1. The van der Waals surface area contributed by atoms with Gasteiger partial charge < -0.3 is 10.6 Å². The van der Waals surface area contributed by atoms with Crippen LogP contribution >= 0.6 is 0 Å². The van der Waals surface area contributed by atoms with Crippen LogP contribution in [0.5, 0.6) is 0 Å². The number of aromatic nitrogens is 2.